The molecule has 0 aliphatic rings. The average Bonchev–Trinajstić information content (AvgIpc) is 2.36. The molecule has 0 heterocycles. The van der Waals surface area contributed by atoms with Gasteiger partial charge in [-0.2, -0.15) is 0 Å². The predicted molar refractivity (Wildman–Crippen MR) is 74.3 cm³/mol. The van der Waals surface area contributed by atoms with Crippen LogP contribution in [0.4, 0.5) is 4.39 Å². The number of hydrogen-bond donors (Lipinski definition) is 2. The van der Waals surface area contributed by atoms with Crippen LogP contribution in [0, 0.1) is 11.7 Å². The van der Waals surface area contributed by atoms with E-state index in [0.29, 0.717) is 12.5 Å². The van der Waals surface area contributed by atoms with Gasteiger partial charge in [-0.15, -0.1) is 0 Å². The van der Waals surface area contributed by atoms with Crippen molar-refractivity contribution in [2.45, 2.75) is 13.8 Å². The van der Waals surface area contributed by atoms with Crippen molar-refractivity contribution in [3.05, 3.63) is 34.1 Å². The molecule has 2 N–H and O–H groups in total. The molecule has 2 amide bonds. The Morgan fingerprint density at radius 3 is 2.63 bits per heavy atom. The normalized spacial score (nSPS) is 10.4. The maximum absolute atomic E-state index is 13.6. The highest BCUT2D eigenvalue weighted by Crippen LogP contribution is 2.18. The lowest BCUT2D eigenvalue weighted by Crippen LogP contribution is -2.38. The molecule has 6 heteroatoms. The summed E-state index contributed by atoms with van der Waals surface area (Å²) in [5, 5.41) is 5.04. The van der Waals surface area contributed by atoms with Crippen molar-refractivity contribution in [1.29, 1.82) is 0 Å². The topological polar surface area (TPSA) is 58.2 Å². The summed E-state index contributed by atoms with van der Waals surface area (Å²) in [4.78, 5) is 23.1. The van der Waals surface area contributed by atoms with Gasteiger partial charge in [-0.1, -0.05) is 19.9 Å². The quantitative estimate of drug-likeness (QED) is 0.868. The molecule has 4 nitrogen and oxygen atoms in total. The third-order valence-electron chi connectivity index (χ3n) is 2.31. The molecule has 0 aliphatic carbocycles. The van der Waals surface area contributed by atoms with Gasteiger partial charge in [-0.25, -0.2) is 4.39 Å². The number of rotatable bonds is 5. The lowest BCUT2D eigenvalue weighted by Gasteiger charge is -2.09. The summed E-state index contributed by atoms with van der Waals surface area (Å²) in [5.41, 5.74) is -0.0916. The Kier molecular flexibility index (Phi) is 5.95. The van der Waals surface area contributed by atoms with E-state index in [1.54, 1.807) is 6.07 Å². The third-order valence-corrected chi connectivity index (χ3v) is 2.93. The van der Waals surface area contributed by atoms with Gasteiger partial charge in [0.25, 0.3) is 5.91 Å². The summed E-state index contributed by atoms with van der Waals surface area (Å²) >= 11 is 3.00. The summed E-state index contributed by atoms with van der Waals surface area (Å²) in [5.74, 6) is -1.21. The minimum atomic E-state index is -0.636. The second-order valence-electron chi connectivity index (χ2n) is 4.48. The van der Waals surface area contributed by atoms with Gasteiger partial charge in [-0.3, -0.25) is 9.59 Å². The van der Waals surface area contributed by atoms with Crippen LogP contribution in [0.3, 0.4) is 0 Å². The SMILES string of the molecule is CC(C)CNC(=O)CNC(=O)c1cccc(Br)c1F. The maximum atomic E-state index is 13.6. The number of halogens is 2. The van der Waals surface area contributed by atoms with Gasteiger partial charge in [0.15, 0.2) is 0 Å². The summed E-state index contributed by atoms with van der Waals surface area (Å²) in [6.07, 6.45) is 0. The largest absolute Gasteiger partial charge is 0.354 e. The Hall–Kier alpha value is -1.43. The van der Waals surface area contributed by atoms with Crippen molar-refractivity contribution >= 4 is 27.7 Å². The Labute approximate surface area is 119 Å². The van der Waals surface area contributed by atoms with Gasteiger partial charge in [0, 0.05) is 6.54 Å². The molecule has 1 aromatic carbocycles. The monoisotopic (exact) mass is 330 g/mol. The second-order valence-corrected chi connectivity index (χ2v) is 5.34. The average molecular weight is 331 g/mol. The number of hydrogen-bond acceptors (Lipinski definition) is 2. The second kappa shape index (κ2) is 7.23. The fourth-order valence-corrected chi connectivity index (χ4v) is 1.68. The molecule has 0 saturated heterocycles. The lowest BCUT2D eigenvalue weighted by atomic mass is 10.2. The van der Waals surface area contributed by atoms with E-state index in [0.717, 1.165) is 0 Å². The van der Waals surface area contributed by atoms with Crippen LogP contribution in [0.2, 0.25) is 0 Å². The van der Waals surface area contributed by atoms with Gasteiger partial charge < -0.3 is 10.6 Å². The van der Waals surface area contributed by atoms with Crippen LogP contribution in [0.1, 0.15) is 24.2 Å². The van der Waals surface area contributed by atoms with E-state index in [4.69, 9.17) is 0 Å². The molecule has 0 aliphatic heterocycles. The van der Waals surface area contributed by atoms with E-state index < -0.39 is 11.7 Å². The maximum Gasteiger partial charge on any atom is 0.254 e. The van der Waals surface area contributed by atoms with E-state index in [2.05, 4.69) is 26.6 Å². The molecule has 0 fully saturated rings. The van der Waals surface area contributed by atoms with Crippen LogP contribution >= 0.6 is 15.9 Å². The predicted octanol–water partition coefficient (Wildman–Crippen LogP) is 2.09. The van der Waals surface area contributed by atoms with E-state index in [-0.39, 0.29) is 22.5 Å². The highest BCUT2D eigenvalue weighted by Gasteiger charge is 2.14. The summed E-state index contributed by atoms with van der Waals surface area (Å²) in [6.45, 7) is 4.31. The minimum absolute atomic E-state index is 0.0916. The van der Waals surface area contributed by atoms with Crippen molar-refractivity contribution in [1.82, 2.24) is 10.6 Å². The van der Waals surface area contributed by atoms with Gasteiger partial charge >= 0.3 is 0 Å². The molecule has 0 saturated carbocycles. The zero-order valence-electron chi connectivity index (χ0n) is 10.8. The van der Waals surface area contributed by atoms with Crippen molar-refractivity contribution in [2.24, 2.45) is 5.92 Å². The molecular weight excluding hydrogens is 315 g/mol. The Morgan fingerprint density at radius 2 is 2.00 bits per heavy atom. The van der Waals surface area contributed by atoms with Crippen LogP contribution in [0.5, 0.6) is 0 Å². The van der Waals surface area contributed by atoms with Crippen LogP contribution in [0.25, 0.3) is 0 Å². The van der Waals surface area contributed by atoms with Crippen LogP contribution in [-0.2, 0) is 4.79 Å². The summed E-state index contributed by atoms with van der Waals surface area (Å²) in [7, 11) is 0. The number of nitrogens with one attached hydrogen (secondary N) is 2. The molecule has 0 radical (unpaired) electrons. The number of benzene rings is 1. The zero-order chi connectivity index (χ0) is 14.4. The Balaban J connectivity index is 2.52. The summed E-state index contributed by atoms with van der Waals surface area (Å²) in [6, 6.07) is 4.42. The highest BCUT2D eigenvalue weighted by molar-refractivity contribution is 9.10. The number of amides is 2. The zero-order valence-corrected chi connectivity index (χ0v) is 12.4. The fourth-order valence-electron chi connectivity index (χ4n) is 1.32. The van der Waals surface area contributed by atoms with Crippen molar-refractivity contribution < 1.29 is 14.0 Å². The third kappa shape index (κ3) is 4.98. The fraction of sp³-hybridized carbons (Fsp3) is 0.385. The molecule has 1 aromatic rings. The molecule has 0 bridgehead atoms. The van der Waals surface area contributed by atoms with Crippen LogP contribution in [-0.4, -0.2) is 24.9 Å². The number of carbonyl (C=O) groups is 2. The van der Waals surface area contributed by atoms with E-state index in [9.17, 15) is 14.0 Å². The molecule has 19 heavy (non-hydrogen) atoms. The smallest absolute Gasteiger partial charge is 0.254 e. The van der Waals surface area contributed by atoms with Crippen LogP contribution < -0.4 is 10.6 Å². The van der Waals surface area contributed by atoms with Crippen molar-refractivity contribution in [2.75, 3.05) is 13.1 Å². The van der Waals surface area contributed by atoms with Gasteiger partial charge in [0.2, 0.25) is 5.91 Å². The lowest BCUT2D eigenvalue weighted by molar-refractivity contribution is -0.120. The molecule has 104 valence electrons. The van der Waals surface area contributed by atoms with E-state index >= 15 is 0 Å². The number of carbonyl (C=O) groups excluding carboxylic acids is 2. The molecule has 0 atom stereocenters. The minimum Gasteiger partial charge on any atom is -0.354 e. The van der Waals surface area contributed by atoms with E-state index in [1.807, 2.05) is 13.8 Å². The first-order chi connectivity index (χ1) is 8.91. The molecule has 0 spiro atoms. The molecule has 0 unspecified atom stereocenters. The van der Waals surface area contributed by atoms with Gasteiger partial charge in [0.1, 0.15) is 5.82 Å². The Bertz CT molecular complexity index is 478. The summed E-state index contributed by atoms with van der Waals surface area (Å²) < 4.78 is 13.8. The first-order valence-electron chi connectivity index (χ1n) is 5.90. The molecular formula is C13H16BrFN2O2. The van der Waals surface area contributed by atoms with Crippen molar-refractivity contribution in [3.8, 4) is 0 Å². The highest BCUT2D eigenvalue weighted by atomic mass is 79.9. The first-order valence-corrected chi connectivity index (χ1v) is 6.70. The molecule has 1 rings (SSSR count). The van der Waals surface area contributed by atoms with E-state index in [1.165, 1.54) is 12.1 Å². The van der Waals surface area contributed by atoms with Crippen LogP contribution in [0.15, 0.2) is 22.7 Å². The standard InChI is InChI=1S/C13H16BrFN2O2/c1-8(2)6-16-11(18)7-17-13(19)9-4-3-5-10(14)12(9)15/h3-5,8H,6-7H2,1-2H3,(H,16,18)(H,17,19). The van der Waals surface area contributed by atoms with Gasteiger partial charge in [-0.05, 0) is 34.0 Å². The molecule has 0 aromatic heterocycles. The first kappa shape index (κ1) is 15.6. The van der Waals surface area contributed by atoms with Crippen molar-refractivity contribution in [3.63, 3.8) is 0 Å². The Morgan fingerprint density at radius 1 is 1.32 bits per heavy atom. The van der Waals surface area contributed by atoms with Gasteiger partial charge in [0.05, 0.1) is 16.6 Å².